The fourth-order valence-electron chi connectivity index (χ4n) is 4.73. The molecule has 43 heavy (non-hydrogen) atoms. The molecule has 1 aliphatic heterocycles. The minimum absolute atomic E-state index is 0.0940. The Morgan fingerprint density at radius 1 is 1.09 bits per heavy atom. The molecule has 1 fully saturated rings. The molecular formula is C32H42N6O4S. The fourth-order valence-corrected chi connectivity index (χ4v) is 5.84. The first-order valence-corrected chi connectivity index (χ1v) is 15.4. The van der Waals surface area contributed by atoms with E-state index in [1.165, 1.54) is 11.3 Å². The summed E-state index contributed by atoms with van der Waals surface area (Å²) >= 11 is 1.40. The van der Waals surface area contributed by atoms with Crippen molar-refractivity contribution in [3.8, 4) is 11.1 Å². The van der Waals surface area contributed by atoms with Crippen LogP contribution in [0.2, 0.25) is 0 Å². The Morgan fingerprint density at radius 2 is 1.81 bits per heavy atom. The molecule has 1 aromatic carbocycles. The van der Waals surface area contributed by atoms with Gasteiger partial charge in [0.15, 0.2) is 0 Å². The summed E-state index contributed by atoms with van der Waals surface area (Å²) in [5.74, 6) is 0.722. The van der Waals surface area contributed by atoms with Crippen molar-refractivity contribution >= 4 is 46.2 Å². The van der Waals surface area contributed by atoms with Crippen molar-refractivity contribution < 1.29 is 19.1 Å². The summed E-state index contributed by atoms with van der Waals surface area (Å²) < 4.78 is 5.44. The zero-order chi connectivity index (χ0) is 31.1. The highest BCUT2D eigenvalue weighted by molar-refractivity contribution is 7.16. The Bertz CT molecular complexity index is 1420. The second-order valence-corrected chi connectivity index (χ2v) is 12.9. The number of amides is 4. The van der Waals surface area contributed by atoms with Gasteiger partial charge in [0.2, 0.25) is 6.41 Å². The van der Waals surface area contributed by atoms with E-state index in [2.05, 4.69) is 46.6 Å². The average molecular weight is 607 g/mol. The van der Waals surface area contributed by atoms with Gasteiger partial charge in [-0.05, 0) is 61.6 Å². The van der Waals surface area contributed by atoms with Crippen LogP contribution >= 0.6 is 11.3 Å². The predicted octanol–water partition coefficient (Wildman–Crippen LogP) is 5.49. The quantitative estimate of drug-likeness (QED) is 0.208. The molecule has 1 aliphatic rings. The van der Waals surface area contributed by atoms with Gasteiger partial charge in [0.05, 0.1) is 18.8 Å². The minimum atomic E-state index is -0.434. The van der Waals surface area contributed by atoms with Crippen LogP contribution in [0.3, 0.4) is 0 Å². The molecule has 230 valence electrons. The van der Waals surface area contributed by atoms with E-state index in [0.717, 1.165) is 40.5 Å². The van der Waals surface area contributed by atoms with Crippen molar-refractivity contribution in [1.82, 2.24) is 15.2 Å². The van der Waals surface area contributed by atoms with Crippen LogP contribution in [-0.4, -0.2) is 73.7 Å². The molecule has 4 rings (SSSR count). The Kier molecular flexibility index (Phi) is 10.4. The van der Waals surface area contributed by atoms with E-state index in [4.69, 9.17) is 4.74 Å². The summed E-state index contributed by atoms with van der Waals surface area (Å²) in [6.45, 7) is 15.7. The van der Waals surface area contributed by atoms with Gasteiger partial charge >= 0.3 is 6.03 Å². The van der Waals surface area contributed by atoms with Crippen molar-refractivity contribution in [2.75, 3.05) is 54.9 Å². The number of carbonyl (C=O) groups is 3. The van der Waals surface area contributed by atoms with E-state index in [9.17, 15) is 14.4 Å². The molecule has 0 spiro atoms. The lowest BCUT2D eigenvalue weighted by Gasteiger charge is -2.27. The molecule has 0 unspecified atom stereocenters. The molecule has 0 bridgehead atoms. The molecule has 10 nitrogen and oxygen atoms in total. The molecule has 0 aliphatic carbocycles. The van der Waals surface area contributed by atoms with Crippen LogP contribution < -0.4 is 20.9 Å². The highest BCUT2D eigenvalue weighted by atomic mass is 32.1. The standard InChI is InChI=1S/C32H42N6O4S/c1-21(2)38(12-11-33-20-39)30(40)25-18-27(32(4,5)6)43-29(25)36-31(41)35-26-17-23(8-7-22(26)3)24-9-10-28(34-19-24)37-13-15-42-16-14-37/h7-10,17-21H,11-16H2,1-6H3,(H,33,39)(H2,35,36,41). The number of aryl methyl sites for hydroxylation is 1. The SMILES string of the molecule is Cc1ccc(-c2ccc(N3CCOCC3)nc2)cc1NC(=O)Nc1sc(C(C)(C)C)cc1C(=O)N(CCNC=O)C(C)C. The normalized spacial score (nSPS) is 13.5. The molecule has 1 saturated heterocycles. The van der Waals surface area contributed by atoms with Gasteiger partial charge in [0.25, 0.3) is 5.91 Å². The van der Waals surface area contributed by atoms with Gasteiger partial charge in [-0.1, -0.05) is 32.9 Å². The van der Waals surface area contributed by atoms with E-state index >= 15 is 0 Å². The fraction of sp³-hybridized carbons (Fsp3) is 0.438. The summed E-state index contributed by atoms with van der Waals surface area (Å²) in [6.07, 6.45) is 2.47. The summed E-state index contributed by atoms with van der Waals surface area (Å²) in [7, 11) is 0. The van der Waals surface area contributed by atoms with Crippen LogP contribution in [-0.2, 0) is 14.9 Å². The van der Waals surface area contributed by atoms with Crippen LogP contribution in [0.1, 0.15) is 55.4 Å². The third-order valence-electron chi connectivity index (χ3n) is 7.30. The summed E-state index contributed by atoms with van der Waals surface area (Å²) in [5, 5.41) is 9.03. The number of thiophene rings is 1. The van der Waals surface area contributed by atoms with Crippen LogP contribution in [0.15, 0.2) is 42.6 Å². The molecule has 0 atom stereocenters. The molecule has 11 heteroatoms. The highest BCUT2D eigenvalue weighted by Gasteiger charge is 2.28. The number of carbonyl (C=O) groups excluding carboxylic acids is 3. The number of ether oxygens (including phenoxy) is 1. The molecule has 4 amide bonds. The van der Waals surface area contributed by atoms with Crippen LogP contribution in [0, 0.1) is 6.92 Å². The smallest absolute Gasteiger partial charge is 0.324 e. The second-order valence-electron chi connectivity index (χ2n) is 11.9. The third-order valence-corrected chi connectivity index (χ3v) is 8.77. The number of nitrogens with zero attached hydrogens (tertiary/aromatic N) is 3. The van der Waals surface area contributed by atoms with E-state index in [0.29, 0.717) is 49.0 Å². The summed E-state index contributed by atoms with van der Waals surface area (Å²) in [6, 6.07) is 11.3. The van der Waals surface area contributed by atoms with Gasteiger partial charge in [-0.3, -0.25) is 14.9 Å². The Hall–Kier alpha value is -3.96. The number of nitrogens with one attached hydrogen (secondary N) is 3. The van der Waals surface area contributed by atoms with Crippen molar-refractivity contribution in [3.63, 3.8) is 0 Å². The number of hydrogen-bond acceptors (Lipinski definition) is 7. The molecule has 3 aromatic rings. The van der Waals surface area contributed by atoms with E-state index in [1.807, 2.05) is 63.4 Å². The first-order valence-electron chi connectivity index (χ1n) is 14.6. The molecule has 2 aromatic heterocycles. The largest absolute Gasteiger partial charge is 0.378 e. The monoisotopic (exact) mass is 606 g/mol. The second kappa shape index (κ2) is 14.0. The predicted molar refractivity (Wildman–Crippen MR) is 173 cm³/mol. The van der Waals surface area contributed by atoms with E-state index in [1.54, 1.807) is 4.90 Å². The Labute approximate surface area is 257 Å². The van der Waals surface area contributed by atoms with Gasteiger partial charge in [-0.25, -0.2) is 9.78 Å². The van der Waals surface area contributed by atoms with Crippen molar-refractivity contribution in [3.05, 3.63) is 58.6 Å². The van der Waals surface area contributed by atoms with Gasteiger partial charge in [-0.2, -0.15) is 0 Å². The lowest BCUT2D eigenvalue weighted by molar-refractivity contribution is -0.109. The maximum atomic E-state index is 13.7. The molecule has 3 heterocycles. The summed E-state index contributed by atoms with van der Waals surface area (Å²) in [4.78, 5) is 47.3. The third kappa shape index (κ3) is 8.11. The number of morpholine rings is 1. The first kappa shape index (κ1) is 32.0. The molecule has 3 N–H and O–H groups in total. The number of pyridine rings is 1. The molecule has 0 saturated carbocycles. The van der Waals surface area contributed by atoms with Gasteiger partial charge in [-0.15, -0.1) is 11.3 Å². The number of benzene rings is 1. The lowest BCUT2D eigenvalue weighted by Crippen LogP contribution is -2.41. The zero-order valence-corrected chi connectivity index (χ0v) is 26.6. The van der Waals surface area contributed by atoms with Gasteiger partial charge < -0.3 is 25.2 Å². The van der Waals surface area contributed by atoms with E-state index < -0.39 is 6.03 Å². The lowest BCUT2D eigenvalue weighted by atomic mass is 9.94. The Balaban J connectivity index is 1.53. The maximum Gasteiger partial charge on any atom is 0.324 e. The topological polar surface area (TPSA) is 116 Å². The number of rotatable bonds is 10. The number of anilines is 3. The Morgan fingerprint density at radius 3 is 2.44 bits per heavy atom. The van der Waals surface area contributed by atoms with Crippen molar-refractivity contribution in [2.45, 2.75) is 53.0 Å². The van der Waals surface area contributed by atoms with Crippen LogP contribution in [0.4, 0.5) is 21.3 Å². The van der Waals surface area contributed by atoms with Crippen molar-refractivity contribution in [2.24, 2.45) is 0 Å². The average Bonchev–Trinajstić information content (AvgIpc) is 3.41. The van der Waals surface area contributed by atoms with Crippen LogP contribution in [0.5, 0.6) is 0 Å². The maximum absolute atomic E-state index is 13.7. The van der Waals surface area contributed by atoms with Gasteiger partial charge in [0, 0.05) is 54.5 Å². The minimum Gasteiger partial charge on any atom is -0.378 e. The summed E-state index contributed by atoms with van der Waals surface area (Å²) in [5.41, 5.74) is 3.66. The number of urea groups is 1. The van der Waals surface area contributed by atoms with Crippen molar-refractivity contribution in [1.29, 1.82) is 0 Å². The highest BCUT2D eigenvalue weighted by Crippen LogP contribution is 2.37. The number of aromatic nitrogens is 1. The molecular weight excluding hydrogens is 564 g/mol. The molecule has 0 radical (unpaired) electrons. The number of hydrogen-bond donors (Lipinski definition) is 3. The van der Waals surface area contributed by atoms with Gasteiger partial charge in [0.1, 0.15) is 10.8 Å². The van der Waals surface area contributed by atoms with Crippen LogP contribution in [0.25, 0.3) is 11.1 Å². The van der Waals surface area contributed by atoms with E-state index in [-0.39, 0.29) is 17.4 Å². The first-order chi connectivity index (χ1) is 20.5. The zero-order valence-electron chi connectivity index (χ0n) is 25.8.